The molecule has 3 aromatic heterocycles. The summed E-state index contributed by atoms with van der Waals surface area (Å²) in [7, 11) is 0. The van der Waals surface area contributed by atoms with Crippen LogP contribution in [-0.4, -0.2) is 44.1 Å². The van der Waals surface area contributed by atoms with Crippen LogP contribution in [0.3, 0.4) is 0 Å². The van der Waals surface area contributed by atoms with Crippen LogP contribution in [0.15, 0.2) is 47.4 Å². The third-order valence-corrected chi connectivity index (χ3v) is 5.38. The van der Waals surface area contributed by atoms with E-state index < -0.39 is 6.43 Å². The molecule has 0 amide bonds. The zero-order chi connectivity index (χ0) is 25.5. The topological polar surface area (TPSA) is 136 Å². The summed E-state index contributed by atoms with van der Waals surface area (Å²) >= 11 is 0. The number of hydrogen-bond acceptors (Lipinski definition) is 8. The van der Waals surface area contributed by atoms with E-state index in [-0.39, 0.29) is 30.6 Å². The van der Waals surface area contributed by atoms with Crippen LogP contribution in [-0.2, 0) is 13.1 Å². The number of nitrogens with zero attached hydrogens (tertiary/aromatic N) is 4. The predicted molar refractivity (Wildman–Crippen MR) is 134 cm³/mol. The molecule has 0 saturated heterocycles. The van der Waals surface area contributed by atoms with Gasteiger partial charge in [0.1, 0.15) is 11.3 Å². The lowest BCUT2D eigenvalue weighted by atomic mass is 10.2. The van der Waals surface area contributed by atoms with Gasteiger partial charge in [-0.05, 0) is 35.7 Å². The van der Waals surface area contributed by atoms with Crippen molar-refractivity contribution < 1.29 is 13.5 Å². The molecule has 36 heavy (non-hydrogen) atoms. The first-order chi connectivity index (χ1) is 17.4. The molecule has 0 aliphatic heterocycles. The van der Waals surface area contributed by atoms with E-state index in [2.05, 4.69) is 37.5 Å². The van der Waals surface area contributed by atoms with Crippen LogP contribution >= 0.6 is 0 Å². The van der Waals surface area contributed by atoms with Crippen molar-refractivity contribution in [2.45, 2.75) is 39.3 Å². The SMILES string of the molecule is CCCCOc1nc(N)c2[nH]c(=O)n(Cc3ccc(Nc4ccc(CNCC(F)F)cc4)nc3)c2n1. The summed E-state index contributed by atoms with van der Waals surface area (Å²) in [4.78, 5) is 28.2. The summed E-state index contributed by atoms with van der Waals surface area (Å²) in [6, 6.07) is 11.2. The molecule has 190 valence electrons. The number of benzene rings is 1. The van der Waals surface area contributed by atoms with Crippen molar-refractivity contribution >= 4 is 28.5 Å². The van der Waals surface area contributed by atoms with Crippen molar-refractivity contribution in [1.82, 2.24) is 29.8 Å². The van der Waals surface area contributed by atoms with Crippen molar-refractivity contribution in [3.8, 4) is 6.01 Å². The van der Waals surface area contributed by atoms with Crippen LogP contribution in [0.25, 0.3) is 11.2 Å². The molecule has 3 heterocycles. The van der Waals surface area contributed by atoms with Crippen LogP contribution < -0.4 is 26.8 Å². The molecule has 0 radical (unpaired) electrons. The molecule has 0 bridgehead atoms. The predicted octanol–water partition coefficient (Wildman–Crippen LogP) is 3.42. The fourth-order valence-corrected chi connectivity index (χ4v) is 3.50. The zero-order valence-electron chi connectivity index (χ0n) is 19.8. The van der Waals surface area contributed by atoms with Gasteiger partial charge in [0.2, 0.25) is 0 Å². The summed E-state index contributed by atoms with van der Waals surface area (Å²) in [6.45, 7) is 2.78. The number of aromatic amines is 1. The van der Waals surface area contributed by atoms with Gasteiger partial charge in [-0.2, -0.15) is 9.97 Å². The minimum Gasteiger partial charge on any atom is -0.463 e. The van der Waals surface area contributed by atoms with Gasteiger partial charge in [0.05, 0.1) is 19.7 Å². The quantitative estimate of drug-likeness (QED) is 0.218. The lowest BCUT2D eigenvalue weighted by Crippen LogP contribution is -2.20. The highest BCUT2D eigenvalue weighted by Gasteiger charge is 2.15. The van der Waals surface area contributed by atoms with Gasteiger partial charge in [-0.3, -0.25) is 4.57 Å². The number of aromatic nitrogens is 5. The zero-order valence-corrected chi connectivity index (χ0v) is 19.8. The Balaban J connectivity index is 1.43. The molecule has 4 rings (SSSR count). The van der Waals surface area contributed by atoms with Gasteiger partial charge in [0, 0.05) is 18.4 Å². The fourth-order valence-electron chi connectivity index (χ4n) is 3.50. The summed E-state index contributed by atoms with van der Waals surface area (Å²) < 4.78 is 31.5. The number of alkyl halides is 2. The van der Waals surface area contributed by atoms with E-state index in [4.69, 9.17) is 10.5 Å². The average molecular weight is 499 g/mol. The third-order valence-electron chi connectivity index (χ3n) is 5.38. The lowest BCUT2D eigenvalue weighted by Gasteiger charge is -2.09. The number of rotatable bonds is 12. The van der Waals surface area contributed by atoms with E-state index >= 15 is 0 Å². The van der Waals surface area contributed by atoms with E-state index in [9.17, 15) is 13.6 Å². The van der Waals surface area contributed by atoms with Crippen molar-refractivity contribution in [2.75, 3.05) is 24.2 Å². The largest absolute Gasteiger partial charge is 0.463 e. The third kappa shape index (κ3) is 6.33. The van der Waals surface area contributed by atoms with Crippen LogP contribution in [0.4, 0.5) is 26.1 Å². The highest BCUT2D eigenvalue weighted by atomic mass is 19.3. The van der Waals surface area contributed by atoms with Crippen LogP contribution in [0, 0.1) is 0 Å². The number of pyridine rings is 1. The Morgan fingerprint density at radius 2 is 1.92 bits per heavy atom. The van der Waals surface area contributed by atoms with Crippen LogP contribution in [0.2, 0.25) is 0 Å². The highest BCUT2D eigenvalue weighted by Crippen LogP contribution is 2.20. The fraction of sp³-hybridized carbons (Fsp3) is 0.333. The van der Waals surface area contributed by atoms with Crippen LogP contribution in [0.1, 0.15) is 30.9 Å². The van der Waals surface area contributed by atoms with Gasteiger partial charge in [-0.1, -0.05) is 31.5 Å². The van der Waals surface area contributed by atoms with E-state index in [1.54, 1.807) is 12.3 Å². The second-order valence-corrected chi connectivity index (χ2v) is 8.20. The minimum atomic E-state index is -2.37. The maximum Gasteiger partial charge on any atom is 0.328 e. The highest BCUT2D eigenvalue weighted by molar-refractivity contribution is 5.81. The molecule has 0 aliphatic rings. The van der Waals surface area contributed by atoms with Gasteiger partial charge in [-0.25, -0.2) is 18.6 Å². The molecule has 0 spiro atoms. The number of imidazole rings is 1. The van der Waals surface area contributed by atoms with E-state index in [0.29, 0.717) is 30.1 Å². The Labute approximate surface area is 205 Å². The molecule has 0 atom stereocenters. The summed E-state index contributed by atoms with van der Waals surface area (Å²) in [5.41, 5.74) is 8.87. The molecule has 5 N–H and O–H groups in total. The second-order valence-electron chi connectivity index (χ2n) is 8.20. The maximum absolute atomic E-state index is 12.6. The first-order valence-electron chi connectivity index (χ1n) is 11.6. The first-order valence-corrected chi connectivity index (χ1v) is 11.6. The molecular formula is C24H28F2N8O2. The number of nitrogens with one attached hydrogen (secondary N) is 3. The molecular weight excluding hydrogens is 470 g/mol. The average Bonchev–Trinajstić information content (AvgIpc) is 3.17. The number of unbranched alkanes of at least 4 members (excludes halogenated alkanes) is 1. The van der Waals surface area contributed by atoms with Crippen LogP contribution in [0.5, 0.6) is 6.01 Å². The van der Waals surface area contributed by atoms with Gasteiger partial charge < -0.3 is 26.1 Å². The van der Waals surface area contributed by atoms with Crippen molar-refractivity contribution in [2.24, 2.45) is 0 Å². The molecule has 0 aliphatic carbocycles. The monoisotopic (exact) mass is 498 g/mol. The first kappa shape index (κ1) is 25.0. The molecule has 0 unspecified atom stereocenters. The number of nitrogen functional groups attached to an aromatic ring is 1. The molecule has 1 aromatic carbocycles. The van der Waals surface area contributed by atoms with E-state index in [1.807, 2.05) is 30.3 Å². The number of ether oxygens (including phenoxy) is 1. The van der Waals surface area contributed by atoms with Gasteiger partial charge in [0.15, 0.2) is 11.5 Å². The number of anilines is 3. The molecule has 4 aromatic rings. The maximum atomic E-state index is 12.6. The Hall–Kier alpha value is -4.06. The molecule has 10 nitrogen and oxygen atoms in total. The number of nitrogens with two attached hydrogens (primary N) is 1. The van der Waals surface area contributed by atoms with E-state index in [1.165, 1.54) is 4.57 Å². The number of fused-ring (bicyclic) bond motifs is 1. The number of hydrogen-bond donors (Lipinski definition) is 4. The second kappa shape index (κ2) is 11.6. The summed E-state index contributed by atoms with van der Waals surface area (Å²) in [6.07, 6.45) is 1.12. The standard InChI is InChI=1S/C24H28F2N8O2/c1-2-3-10-36-23-32-21(27)20-22(33-23)34(24(35)31-20)14-16-6-9-19(29-12-16)30-17-7-4-15(5-8-17)11-28-13-18(25)26/h4-9,12,18,28H,2-3,10-11,13-14H2,1H3,(H,29,30)(H,31,35)(H2,27,32,33). The van der Waals surface area contributed by atoms with Crippen molar-refractivity contribution in [3.63, 3.8) is 0 Å². The molecule has 0 fully saturated rings. The van der Waals surface area contributed by atoms with Gasteiger partial charge in [-0.15, -0.1) is 0 Å². The van der Waals surface area contributed by atoms with Crippen molar-refractivity contribution in [3.05, 3.63) is 64.2 Å². The Kier molecular flexibility index (Phi) is 8.06. The van der Waals surface area contributed by atoms with Gasteiger partial charge in [0.25, 0.3) is 6.43 Å². The Morgan fingerprint density at radius 3 is 2.61 bits per heavy atom. The van der Waals surface area contributed by atoms with Gasteiger partial charge >= 0.3 is 11.7 Å². The number of H-pyrrole nitrogens is 1. The van der Waals surface area contributed by atoms with Crippen molar-refractivity contribution in [1.29, 1.82) is 0 Å². The Morgan fingerprint density at radius 1 is 1.14 bits per heavy atom. The molecule has 12 heteroatoms. The smallest absolute Gasteiger partial charge is 0.328 e. The lowest BCUT2D eigenvalue weighted by molar-refractivity contribution is 0.145. The number of halogens is 2. The normalized spacial score (nSPS) is 11.3. The summed E-state index contributed by atoms with van der Waals surface area (Å²) in [5.74, 6) is 0.766. The molecule has 0 saturated carbocycles. The minimum absolute atomic E-state index is 0.134. The van der Waals surface area contributed by atoms with E-state index in [0.717, 1.165) is 29.7 Å². The summed E-state index contributed by atoms with van der Waals surface area (Å²) in [5, 5.41) is 5.89. The Bertz CT molecular complexity index is 1340.